The van der Waals surface area contributed by atoms with E-state index in [4.69, 9.17) is 4.98 Å². The number of fused-ring (bicyclic) bond motifs is 2. The number of nitrogens with one attached hydrogen (secondary N) is 1. The Kier molecular flexibility index (Phi) is 6.75. The molecule has 0 aliphatic heterocycles. The van der Waals surface area contributed by atoms with Crippen LogP contribution in [0.2, 0.25) is 0 Å². The predicted molar refractivity (Wildman–Crippen MR) is 146 cm³/mol. The van der Waals surface area contributed by atoms with Crippen LogP contribution in [-0.2, 0) is 13.5 Å². The molecule has 0 bridgehead atoms. The summed E-state index contributed by atoms with van der Waals surface area (Å²) in [7, 11) is 2.02. The van der Waals surface area contributed by atoms with Crippen molar-refractivity contribution in [1.82, 2.24) is 29.5 Å². The van der Waals surface area contributed by atoms with Gasteiger partial charge in [-0.05, 0) is 67.1 Å². The molecule has 0 saturated heterocycles. The van der Waals surface area contributed by atoms with Gasteiger partial charge < -0.3 is 14.8 Å². The van der Waals surface area contributed by atoms with Gasteiger partial charge in [0.1, 0.15) is 17.4 Å². The zero-order valence-corrected chi connectivity index (χ0v) is 21.4. The Bertz CT molecular complexity index is 1500. The van der Waals surface area contributed by atoms with Gasteiger partial charge in [-0.25, -0.2) is 24.9 Å². The van der Waals surface area contributed by atoms with Crippen LogP contribution in [0.25, 0.3) is 22.1 Å². The van der Waals surface area contributed by atoms with E-state index in [0.29, 0.717) is 5.82 Å². The van der Waals surface area contributed by atoms with Crippen molar-refractivity contribution in [3.05, 3.63) is 71.9 Å². The molecule has 2 aromatic carbocycles. The Morgan fingerprint density at radius 3 is 2.53 bits per heavy atom. The number of aromatic nitrogens is 6. The van der Waals surface area contributed by atoms with Crippen molar-refractivity contribution < 1.29 is 0 Å². The molecule has 0 radical (unpaired) electrons. The van der Waals surface area contributed by atoms with E-state index < -0.39 is 0 Å². The molecule has 3 heterocycles. The highest BCUT2D eigenvalue weighted by atomic mass is 15.2. The predicted octanol–water partition coefficient (Wildman–Crippen LogP) is 5.58. The molecule has 184 valence electrons. The normalized spacial score (nSPS) is 11.3. The van der Waals surface area contributed by atoms with Crippen molar-refractivity contribution in [3.63, 3.8) is 0 Å². The molecule has 36 heavy (non-hydrogen) atoms. The molecule has 0 saturated carbocycles. The minimum Gasteiger partial charge on any atom is -0.341 e. The van der Waals surface area contributed by atoms with Crippen LogP contribution in [-0.4, -0.2) is 42.6 Å². The maximum atomic E-state index is 4.85. The Morgan fingerprint density at radius 1 is 0.917 bits per heavy atom. The molecule has 0 atom stereocenters. The molecular formula is C28H32N8. The van der Waals surface area contributed by atoms with Gasteiger partial charge in [-0.15, -0.1) is 0 Å². The number of hydrogen-bond donors (Lipinski definition) is 1. The smallest absolute Gasteiger partial charge is 0.226 e. The largest absolute Gasteiger partial charge is 0.341 e. The number of hydrogen-bond acceptors (Lipinski definition) is 7. The number of imidazole rings is 1. The first kappa shape index (κ1) is 23.7. The highest BCUT2D eigenvalue weighted by Gasteiger charge is 2.13. The third-order valence-electron chi connectivity index (χ3n) is 6.42. The molecule has 5 aromatic rings. The van der Waals surface area contributed by atoms with Gasteiger partial charge in [-0.2, -0.15) is 0 Å². The Labute approximate surface area is 211 Å². The minimum atomic E-state index is 0.685. The highest BCUT2D eigenvalue weighted by molar-refractivity contribution is 5.87. The fourth-order valence-electron chi connectivity index (χ4n) is 4.56. The van der Waals surface area contributed by atoms with Crippen LogP contribution in [0.15, 0.2) is 55.2 Å². The van der Waals surface area contributed by atoms with Crippen LogP contribution in [0.5, 0.6) is 0 Å². The molecular weight excluding hydrogens is 448 g/mol. The average molecular weight is 481 g/mol. The molecule has 0 amide bonds. The first-order chi connectivity index (χ1) is 17.6. The van der Waals surface area contributed by atoms with E-state index in [1.165, 1.54) is 16.7 Å². The van der Waals surface area contributed by atoms with Gasteiger partial charge in [0, 0.05) is 25.8 Å². The third kappa shape index (κ3) is 4.84. The lowest BCUT2D eigenvalue weighted by Crippen LogP contribution is -2.26. The minimum absolute atomic E-state index is 0.685. The number of aryl methyl sites for hydroxylation is 2. The van der Waals surface area contributed by atoms with E-state index in [2.05, 4.69) is 87.3 Å². The molecule has 0 unspecified atom stereocenters. The molecule has 5 rings (SSSR count). The van der Waals surface area contributed by atoms with Gasteiger partial charge in [0.25, 0.3) is 0 Å². The number of rotatable bonds is 9. The summed E-state index contributed by atoms with van der Waals surface area (Å²) in [4.78, 5) is 25.0. The van der Waals surface area contributed by atoms with Gasteiger partial charge in [-0.3, -0.25) is 0 Å². The summed E-state index contributed by atoms with van der Waals surface area (Å²) < 4.78 is 2.04. The van der Waals surface area contributed by atoms with E-state index in [1.807, 2.05) is 17.9 Å². The quantitative estimate of drug-likeness (QED) is 0.295. The van der Waals surface area contributed by atoms with Crippen molar-refractivity contribution in [2.24, 2.45) is 7.05 Å². The van der Waals surface area contributed by atoms with Crippen molar-refractivity contribution in [2.75, 3.05) is 23.3 Å². The molecule has 1 N–H and O–H groups in total. The van der Waals surface area contributed by atoms with Gasteiger partial charge in [0.05, 0.1) is 23.6 Å². The number of nitrogens with zero attached hydrogens (tertiary/aromatic N) is 7. The monoisotopic (exact) mass is 480 g/mol. The van der Waals surface area contributed by atoms with E-state index in [-0.39, 0.29) is 0 Å². The summed E-state index contributed by atoms with van der Waals surface area (Å²) in [6, 6.07) is 12.9. The zero-order chi connectivity index (χ0) is 25.1. The van der Waals surface area contributed by atoms with Crippen molar-refractivity contribution in [1.29, 1.82) is 0 Å². The maximum Gasteiger partial charge on any atom is 0.226 e. The number of benzene rings is 2. The van der Waals surface area contributed by atoms with E-state index >= 15 is 0 Å². The Balaban J connectivity index is 1.39. The van der Waals surface area contributed by atoms with Crippen molar-refractivity contribution in [3.8, 4) is 0 Å². The van der Waals surface area contributed by atoms with Gasteiger partial charge in [0.15, 0.2) is 5.82 Å². The fraction of sp³-hybridized carbons (Fsp3) is 0.321. The van der Waals surface area contributed by atoms with Crippen molar-refractivity contribution >= 4 is 39.5 Å². The van der Waals surface area contributed by atoms with E-state index in [9.17, 15) is 0 Å². The average Bonchev–Trinajstić information content (AvgIpc) is 3.25. The summed E-state index contributed by atoms with van der Waals surface area (Å²) in [5.41, 5.74) is 8.34. The summed E-state index contributed by atoms with van der Waals surface area (Å²) >= 11 is 0. The van der Waals surface area contributed by atoms with Crippen LogP contribution >= 0.6 is 0 Å². The second-order valence-corrected chi connectivity index (χ2v) is 9.23. The Morgan fingerprint density at radius 2 is 1.75 bits per heavy atom. The standard InChI is InChI=1S/C28H32N8/c1-5-11-36(12-6-2)28-29-16-24-26(34-28)27(31-17-30-24)33-22-9-8-21(19(3)13-22)14-20-7-10-25-23(15-20)32-18-35(25)4/h7-10,13,15-18H,5-6,11-12,14H2,1-4H3,(H,30,31,33). The summed E-state index contributed by atoms with van der Waals surface area (Å²) in [6.07, 6.45) is 8.14. The second-order valence-electron chi connectivity index (χ2n) is 9.23. The molecule has 3 aromatic heterocycles. The van der Waals surface area contributed by atoms with Gasteiger partial charge >= 0.3 is 0 Å². The molecule has 0 spiro atoms. The molecule has 0 fully saturated rings. The molecule has 8 nitrogen and oxygen atoms in total. The number of anilines is 3. The van der Waals surface area contributed by atoms with Crippen LogP contribution < -0.4 is 10.2 Å². The highest BCUT2D eigenvalue weighted by Crippen LogP contribution is 2.26. The fourth-order valence-corrected chi connectivity index (χ4v) is 4.56. The summed E-state index contributed by atoms with van der Waals surface area (Å²) in [5.74, 6) is 1.41. The van der Waals surface area contributed by atoms with Gasteiger partial charge in [0.2, 0.25) is 5.95 Å². The van der Waals surface area contributed by atoms with Crippen molar-refractivity contribution in [2.45, 2.75) is 40.0 Å². The molecule has 8 heteroatoms. The molecule has 0 aliphatic carbocycles. The summed E-state index contributed by atoms with van der Waals surface area (Å²) in [5, 5.41) is 3.46. The van der Waals surface area contributed by atoms with Crippen LogP contribution in [0.1, 0.15) is 43.4 Å². The second kappa shape index (κ2) is 10.3. The third-order valence-corrected chi connectivity index (χ3v) is 6.42. The van der Waals surface area contributed by atoms with E-state index in [1.54, 1.807) is 12.5 Å². The zero-order valence-electron chi connectivity index (χ0n) is 21.4. The topological polar surface area (TPSA) is 84.7 Å². The lowest BCUT2D eigenvalue weighted by Gasteiger charge is -2.21. The first-order valence-corrected chi connectivity index (χ1v) is 12.5. The van der Waals surface area contributed by atoms with Gasteiger partial charge in [-0.1, -0.05) is 26.0 Å². The lowest BCUT2D eigenvalue weighted by atomic mass is 9.99. The summed E-state index contributed by atoms with van der Waals surface area (Å²) in [6.45, 7) is 8.32. The van der Waals surface area contributed by atoms with Crippen LogP contribution in [0.3, 0.4) is 0 Å². The van der Waals surface area contributed by atoms with E-state index in [0.717, 1.165) is 66.1 Å². The molecule has 0 aliphatic rings. The first-order valence-electron chi connectivity index (χ1n) is 12.5. The Hall–Kier alpha value is -4.07. The van der Waals surface area contributed by atoms with Crippen LogP contribution in [0.4, 0.5) is 17.5 Å². The SMILES string of the molecule is CCCN(CCC)c1ncc2ncnc(Nc3ccc(Cc4ccc5c(c4)ncn5C)c(C)c3)c2n1. The lowest BCUT2D eigenvalue weighted by molar-refractivity contribution is 0.723. The van der Waals surface area contributed by atoms with Crippen LogP contribution in [0, 0.1) is 6.92 Å². The maximum absolute atomic E-state index is 4.85.